The Labute approximate surface area is 138 Å². The highest BCUT2D eigenvalue weighted by molar-refractivity contribution is 5.63. The highest BCUT2D eigenvalue weighted by Crippen LogP contribution is 2.22. The zero-order valence-electron chi connectivity index (χ0n) is 13.7. The van der Waals surface area contributed by atoms with Gasteiger partial charge in [0.1, 0.15) is 18.5 Å². The number of aliphatic hydroxyl groups is 1. The first-order valence-electron chi connectivity index (χ1n) is 7.87. The molecule has 0 amide bonds. The standard InChI is InChI=1S/C19H25NO3/c1-15(13-22-2)20-12-18(21)14-23-19-10-8-17(9-11-19)16-6-4-3-5-7-16/h3-11,15,18,20-21H,12-14H2,1-2H3/t15-,18+/m1/s1. The normalized spacial score (nSPS) is 13.5. The minimum atomic E-state index is -0.553. The van der Waals surface area contributed by atoms with E-state index in [1.165, 1.54) is 5.56 Å². The van der Waals surface area contributed by atoms with Crippen molar-refractivity contribution in [1.82, 2.24) is 5.32 Å². The molecule has 0 saturated carbocycles. The molecule has 2 rings (SSSR count). The van der Waals surface area contributed by atoms with Gasteiger partial charge in [-0.3, -0.25) is 0 Å². The van der Waals surface area contributed by atoms with E-state index >= 15 is 0 Å². The molecule has 4 nitrogen and oxygen atoms in total. The van der Waals surface area contributed by atoms with Crippen molar-refractivity contribution in [3.63, 3.8) is 0 Å². The molecule has 0 heterocycles. The van der Waals surface area contributed by atoms with Crippen LogP contribution in [0.1, 0.15) is 6.92 Å². The van der Waals surface area contributed by atoms with E-state index in [4.69, 9.17) is 9.47 Å². The Balaban J connectivity index is 1.78. The van der Waals surface area contributed by atoms with Gasteiger partial charge < -0.3 is 19.9 Å². The summed E-state index contributed by atoms with van der Waals surface area (Å²) in [4.78, 5) is 0. The van der Waals surface area contributed by atoms with Gasteiger partial charge in [0.25, 0.3) is 0 Å². The summed E-state index contributed by atoms with van der Waals surface area (Å²) in [5.74, 6) is 0.758. The van der Waals surface area contributed by atoms with Crippen molar-refractivity contribution in [1.29, 1.82) is 0 Å². The van der Waals surface area contributed by atoms with Crippen LogP contribution in [0.2, 0.25) is 0 Å². The summed E-state index contributed by atoms with van der Waals surface area (Å²) in [6.45, 7) is 3.37. The minimum absolute atomic E-state index is 0.208. The lowest BCUT2D eigenvalue weighted by Crippen LogP contribution is -2.38. The zero-order chi connectivity index (χ0) is 16.5. The maximum Gasteiger partial charge on any atom is 0.119 e. The second-order valence-corrected chi connectivity index (χ2v) is 5.62. The van der Waals surface area contributed by atoms with E-state index in [0.29, 0.717) is 13.2 Å². The highest BCUT2D eigenvalue weighted by Gasteiger charge is 2.08. The van der Waals surface area contributed by atoms with Crippen molar-refractivity contribution in [2.24, 2.45) is 0 Å². The lowest BCUT2D eigenvalue weighted by atomic mass is 10.1. The summed E-state index contributed by atoms with van der Waals surface area (Å²) in [5, 5.41) is 13.1. The summed E-state index contributed by atoms with van der Waals surface area (Å²) in [5.41, 5.74) is 2.32. The number of ether oxygens (including phenoxy) is 2. The van der Waals surface area contributed by atoms with Crippen LogP contribution < -0.4 is 10.1 Å². The van der Waals surface area contributed by atoms with Gasteiger partial charge in [0.05, 0.1) is 6.61 Å². The second kappa shape index (κ2) is 9.30. The van der Waals surface area contributed by atoms with Gasteiger partial charge in [0.15, 0.2) is 0 Å². The molecule has 2 aromatic rings. The molecule has 124 valence electrons. The van der Waals surface area contributed by atoms with Crippen molar-refractivity contribution in [3.05, 3.63) is 54.6 Å². The molecule has 0 bridgehead atoms. The lowest BCUT2D eigenvalue weighted by Gasteiger charge is -2.17. The first-order valence-corrected chi connectivity index (χ1v) is 7.87. The van der Waals surface area contributed by atoms with Gasteiger partial charge in [-0.25, -0.2) is 0 Å². The molecule has 0 aliphatic heterocycles. The van der Waals surface area contributed by atoms with Crippen LogP contribution in [0.4, 0.5) is 0 Å². The van der Waals surface area contributed by atoms with Crippen molar-refractivity contribution in [2.45, 2.75) is 19.1 Å². The molecule has 0 aliphatic rings. The molecule has 4 heteroatoms. The van der Waals surface area contributed by atoms with Crippen molar-refractivity contribution >= 4 is 0 Å². The van der Waals surface area contributed by atoms with Crippen LogP contribution in [0.25, 0.3) is 11.1 Å². The Bertz CT molecular complexity index is 557. The molecule has 0 fully saturated rings. The third kappa shape index (κ3) is 6.02. The maximum absolute atomic E-state index is 9.93. The van der Waals surface area contributed by atoms with E-state index in [-0.39, 0.29) is 12.6 Å². The zero-order valence-corrected chi connectivity index (χ0v) is 13.7. The third-order valence-electron chi connectivity index (χ3n) is 3.52. The smallest absolute Gasteiger partial charge is 0.119 e. The number of hydrogen-bond donors (Lipinski definition) is 2. The Kier molecular flexibility index (Phi) is 7.07. The number of benzene rings is 2. The number of methoxy groups -OCH3 is 1. The molecule has 0 aromatic heterocycles. The fraction of sp³-hybridized carbons (Fsp3) is 0.368. The highest BCUT2D eigenvalue weighted by atomic mass is 16.5. The Morgan fingerprint density at radius 3 is 2.26 bits per heavy atom. The monoisotopic (exact) mass is 315 g/mol. The number of rotatable bonds is 9. The molecular weight excluding hydrogens is 290 g/mol. The molecule has 2 aromatic carbocycles. The number of aliphatic hydroxyl groups excluding tert-OH is 1. The van der Waals surface area contributed by atoms with Gasteiger partial charge >= 0.3 is 0 Å². The summed E-state index contributed by atoms with van der Waals surface area (Å²) in [6, 6.07) is 18.3. The van der Waals surface area contributed by atoms with E-state index in [1.54, 1.807) is 7.11 Å². The number of hydrogen-bond acceptors (Lipinski definition) is 4. The Morgan fingerprint density at radius 2 is 1.61 bits per heavy atom. The van der Waals surface area contributed by atoms with E-state index in [9.17, 15) is 5.11 Å². The summed E-state index contributed by atoms with van der Waals surface area (Å²) < 4.78 is 10.7. The van der Waals surface area contributed by atoms with Gasteiger partial charge in [0.2, 0.25) is 0 Å². The molecule has 0 unspecified atom stereocenters. The van der Waals surface area contributed by atoms with Gasteiger partial charge in [-0.1, -0.05) is 42.5 Å². The van der Waals surface area contributed by atoms with Crippen LogP contribution in [0.5, 0.6) is 5.75 Å². The van der Waals surface area contributed by atoms with E-state index in [1.807, 2.05) is 49.4 Å². The fourth-order valence-electron chi connectivity index (χ4n) is 2.27. The fourth-order valence-corrected chi connectivity index (χ4v) is 2.27. The predicted octanol–water partition coefficient (Wildman–Crippen LogP) is 2.72. The topological polar surface area (TPSA) is 50.7 Å². The quantitative estimate of drug-likeness (QED) is 0.747. The molecule has 0 aliphatic carbocycles. The summed E-state index contributed by atoms with van der Waals surface area (Å²) >= 11 is 0. The van der Waals surface area contributed by atoms with E-state index in [2.05, 4.69) is 17.4 Å². The molecule has 0 spiro atoms. The van der Waals surface area contributed by atoms with Gasteiger partial charge in [0, 0.05) is 19.7 Å². The average Bonchev–Trinajstić information content (AvgIpc) is 2.59. The molecular formula is C19H25NO3. The third-order valence-corrected chi connectivity index (χ3v) is 3.52. The van der Waals surface area contributed by atoms with Crippen molar-refractivity contribution in [2.75, 3.05) is 26.9 Å². The van der Waals surface area contributed by atoms with Crippen molar-refractivity contribution in [3.8, 4) is 16.9 Å². The Hall–Kier alpha value is -1.88. The SMILES string of the molecule is COC[C@@H](C)NC[C@H](O)COc1ccc(-c2ccccc2)cc1. The van der Waals surface area contributed by atoms with Crippen LogP contribution in [-0.2, 0) is 4.74 Å². The predicted molar refractivity (Wildman–Crippen MR) is 92.7 cm³/mol. The van der Waals surface area contributed by atoms with E-state index < -0.39 is 6.10 Å². The van der Waals surface area contributed by atoms with Crippen LogP contribution in [0.3, 0.4) is 0 Å². The summed E-state index contributed by atoms with van der Waals surface area (Å²) in [7, 11) is 1.66. The van der Waals surface area contributed by atoms with Crippen LogP contribution in [0.15, 0.2) is 54.6 Å². The van der Waals surface area contributed by atoms with Gasteiger partial charge in [-0.05, 0) is 30.2 Å². The van der Waals surface area contributed by atoms with E-state index in [0.717, 1.165) is 11.3 Å². The van der Waals surface area contributed by atoms with Gasteiger partial charge in [-0.15, -0.1) is 0 Å². The Morgan fingerprint density at radius 1 is 0.957 bits per heavy atom. The average molecular weight is 315 g/mol. The maximum atomic E-state index is 9.93. The first kappa shape index (κ1) is 17.5. The number of nitrogens with one attached hydrogen (secondary N) is 1. The van der Waals surface area contributed by atoms with Crippen molar-refractivity contribution < 1.29 is 14.6 Å². The first-order chi connectivity index (χ1) is 11.2. The van der Waals surface area contributed by atoms with Crippen LogP contribution in [-0.4, -0.2) is 44.1 Å². The molecule has 2 N–H and O–H groups in total. The largest absolute Gasteiger partial charge is 0.491 e. The summed E-state index contributed by atoms with van der Waals surface area (Å²) in [6.07, 6.45) is -0.553. The lowest BCUT2D eigenvalue weighted by molar-refractivity contribution is 0.0973. The molecule has 23 heavy (non-hydrogen) atoms. The van der Waals surface area contributed by atoms with Gasteiger partial charge in [-0.2, -0.15) is 0 Å². The molecule has 0 radical (unpaired) electrons. The second-order valence-electron chi connectivity index (χ2n) is 5.62. The minimum Gasteiger partial charge on any atom is -0.491 e. The van der Waals surface area contributed by atoms with Crippen LogP contribution in [0, 0.1) is 0 Å². The van der Waals surface area contributed by atoms with Crippen LogP contribution >= 0.6 is 0 Å². The molecule has 2 atom stereocenters. The molecule has 0 saturated heterocycles.